The number of methoxy groups -OCH3 is 1. The lowest BCUT2D eigenvalue weighted by atomic mass is 10.1. The predicted octanol–water partition coefficient (Wildman–Crippen LogP) is 1.38. The maximum atomic E-state index is 4.98. The van der Waals surface area contributed by atoms with Gasteiger partial charge in [0.2, 0.25) is 11.9 Å². The van der Waals surface area contributed by atoms with Crippen LogP contribution in [0.1, 0.15) is 20.3 Å². The Morgan fingerprint density at radius 1 is 1.19 bits per heavy atom. The quantitative estimate of drug-likeness (QED) is 0.762. The molecule has 0 fully saturated rings. The number of hydrogen-bond acceptors (Lipinski definition) is 6. The summed E-state index contributed by atoms with van der Waals surface area (Å²) in [6.07, 6.45) is 1.07. The molecule has 0 radical (unpaired) electrons. The Balaban J connectivity index is 2.64. The van der Waals surface area contributed by atoms with E-state index in [1.807, 2.05) is 0 Å². The van der Waals surface area contributed by atoms with Gasteiger partial charge < -0.3 is 15.4 Å². The van der Waals surface area contributed by atoms with Gasteiger partial charge in [-0.3, -0.25) is 0 Å². The fraction of sp³-hybridized carbons (Fsp3) is 0.700. The molecule has 6 heteroatoms. The van der Waals surface area contributed by atoms with Gasteiger partial charge in [-0.2, -0.15) is 15.0 Å². The van der Waals surface area contributed by atoms with Crippen LogP contribution >= 0.6 is 0 Å². The largest absolute Gasteiger partial charge is 0.467 e. The minimum absolute atomic E-state index is 0.311. The molecule has 2 N–H and O–H groups in total. The Morgan fingerprint density at radius 2 is 1.88 bits per heavy atom. The highest BCUT2D eigenvalue weighted by Crippen LogP contribution is 2.10. The Morgan fingerprint density at radius 3 is 2.44 bits per heavy atom. The molecule has 0 atom stereocenters. The third kappa shape index (κ3) is 3.88. The Bertz CT molecular complexity index is 307. The molecule has 0 spiro atoms. The van der Waals surface area contributed by atoms with Crippen LogP contribution in [0, 0.1) is 5.92 Å². The van der Waals surface area contributed by atoms with Crippen LogP contribution in [0.25, 0.3) is 0 Å². The molecular weight excluding hydrogens is 206 g/mol. The topological polar surface area (TPSA) is 72.0 Å². The number of nitrogens with zero attached hydrogens (tertiary/aromatic N) is 3. The van der Waals surface area contributed by atoms with Crippen LogP contribution < -0.4 is 15.4 Å². The molecule has 0 aliphatic carbocycles. The molecule has 0 aliphatic heterocycles. The van der Waals surface area contributed by atoms with Crippen molar-refractivity contribution in [2.75, 3.05) is 31.3 Å². The molecule has 1 rings (SSSR count). The zero-order valence-corrected chi connectivity index (χ0v) is 10.2. The van der Waals surface area contributed by atoms with Gasteiger partial charge in [-0.15, -0.1) is 0 Å². The van der Waals surface area contributed by atoms with Crippen molar-refractivity contribution >= 4 is 11.9 Å². The second kappa shape index (κ2) is 6.09. The zero-order valence-electron chi connectivity index (χ0n) is 10.2. The molecule has 1 aromatic rings. The number of ether oxygens (including phenoxy) is 1. The summed E-state index contributed by atoms with van der Waals surface area (Å²) in [5, 5.41) is 6.00. The predicted molar refractivity (Wildman–Crippen MR) is 63.9 cm³/mol. The average molecular weight is 225 g/mol. The molecule has 0 aliphatic rings. The van der Waals surface area contributed by atoms with E-state index in [0.29, 0.717) is 23.8 Å². The van der Waals surface area contributed by atoms with Crippen LogP contribution in [0.3, 0.4) is 0 Å². The number of nitrogens with one attached hydrogen (secondary N) is 2. The highest BCUT2D eigenvalue weighted by molar-refractivity contribution is 5.35. The van der Waals surface area contributed by atoms with Crippen molar-refractivity contribution in [2.24, 2.45) is 5.92 Å². The van der Waals surface area contributed by atoms with Crippen molar-refractivity contribution in [1.29, 1.82) is 0 Å². The fourth-order valence-electron chi connectivity index (χ4n) is 1.11. The van der Waals surface area contributed by atoms with Crippen molar-refractivity contribution < 1.29 is 4.74 Å². The summed E-state index contributed by atoms with van der Waals surface area (Å²) in [7, 11) is 3.29. The van der Waals surface area contributed by atoms with Crippen LogP contribution in [0.4, 0.5) is 11.9 Å². The molecule has 0 amide bonds. The molecule has 0 saturated carbocycles. The Kier molecular flexibility index (Phi) is 4.75. The van der Waals surface area contributed by atoms with E-state index in [2.05, 4.69) is 39.4 Å². The van der Waals surface area contributed by atoms with Gasteiger partial charge in [0, 0.05) is 13.6 Å². The smallest absolute Gasteiger partial charge is 0.322 e. The minimum Gasteiger partial charge on any atom is -0.467 e. The van der Waals surface area contributed by atoms with Gasteiger partial charge in [0.25, 0.3) is 0 Å². The first-order valence-electron chi connectivity index (χ1n) is 5.37. The van der Waals surface area contributed by atoms with E-state index in [9.17, 15) is 0 Å². The van der Waals surface area contributed by atoms with Gasteiger partial charge in [-0.1, -0.05) is 13.8 Å². The van der Waals surface area contributed by atoms with Gasteiger partial charge in [-0.05, 0) is 12.3 Å². The molecule has 0 unspecified atom stereocenters. The molecule has 6 nitrogen and oxygen atoms in total. The Hall–Kier alpha value is -1.59. The lowest BCUT2D eigenvalue weighted by Crippen LogP contribution is -2.10. The average Bonchev–Trinajstić information content (AvgIpc) is 2.28. The van der Waals surface area contributed by atoms with Gasteiger partial charge in [0.15, 0.2) is 0 Å². The minimum atomic E-state index is 0.311. The third-order valence-corrected chi connectivity index (χ3v) is 2.03. The first-order valence-corrected chi connectivity index (χ1v) is 5.37. The van der Waals surface area contributed by atoms with Crippen molar-refractivity contribution in [2.45, 2.75) is 20.3 Å². The van der Waals surface area contributed by atoms with Crippen LogP contribution in [-0.2, 0) is 0 Å². The van der Waals surface area contributed by atoms with Crippen molar-refractivity contribution in [3.05, 3.63) is 0 Å². The third-order valence-electron chi connectivity index (χ3n) is 2.03. The normalized spacial score (nSPS) is 10.3. The summed E-state index contributed by atoms with van der Waals surface area (Å²) < 4.78 is 4.98. The van der Waals surface area contributed by atoms with E-state index in [4.69, 9.17) is 4.74 Å². The van der Waals surface area contributed by atoms with Gasteiger partial charge in [0.1, 0.15) is 0 Å². The van der Waals surface area contributed by atoms with Crippen molar-refractivity contribution in [3.63, 3.8) is 0 Å². The maximum Gasteiger partial charge on any atom is 0.322 e. The lowest BCUT2D eigenvalue weighted by molar-refractivity contribution is 0.379. The lowest BCUT2D eigenvalue weighted by Gasteiger charge is -2.08. The van der Waals surface area contributed by atoms with E-state index < -0.39 is 0 Å². The highest BCUT2D eigenvalue weighted by atomic mass is 16.5. The van der Waals surface area contributed by atoms with Crippen LogP contribution in [0.5, 0.6) is 6.01 Å². The van der Waals surface area contributed by atoms with Crippen LogP contribution in [0.15, 0.2) is 0 Å². The van der Waals surface area contributed by atoms with E-state index in [-0.39, 0.29) is 0 Å². The van der Waals surface area contributed by atoms with Crippen molar-refractivity contribution in [3.8, 4) is 6.01 Å². The van der Waals surface area contributed by atoms with Gasteiger partial charge in [-0.25, -0.2) is 0 Å². The summed E-state index contributed by atoms with van der Waals surface area (Å²) in [6, 6.07) is 0.311. The van der Waals surface area contributed by atoms with E-state index in [1.54, 1.807) is 7.05 Å². The van der Waals surface area contributed by atoms with Crippen LogP contribution in [-0.4, -0.2) is 35.7 Å². The first-order chi connectivity index (χ1) is 7.65. The van der Waals surface area contributed by atoms with E-state index in [1.165, 1.54) is 7.11 Å². The monoisotopic (exact) mass is 225 g/mol. The molecule has 1 aromatic heterocycles. The molecule has 16 heavy (non-hydrogen) atoms. The van der Waals surface area contributed by atoms with Crippen molar-refractivity contribution in [1.82, 2.24) is 15.0 Å². The molecule has 0 bridgehead atoms. The van der Waals surface area contributed by atoms with E-state index >= 15 is 0 Å². The number of rotatable bonds is 6. The standard InChI is InChI=1S/C10H19N5O/c1-7(2)5-6-12-9-13-8(11-3)14-10(15-9)16-4/h7H,5-6H2,1-4H3,(H2,11,12,13,14,15). The zero-order chi connectivity index (χ0) is 12.0. The maximum absolute atomic E-state index is 4.98. The summed E-state index contributed by atoms with van der Waals surface area (Å²) in [5.74, 6) is 1.69. The van der Waals surface area contributed by atoms with Gasteiger partial charge >= 0.3 is 6.01 Å². The molecule has 0 aromatic carbocycles. The molecule has 0 saturated heterocycles. The molecule has 90 valence electrons. The second-order valence-corrected chi connectivity index (χ2v) is 3.83. The number of aromatic nitrogens is 3. The van der Waals surface area contributed by atoms with Crippen LogP contribution in [0.2, 0.25) is 0 Å². The molecule has 1 heterocycles. The molecular formula is C10H19N5O. The SMILES string of the molecule is CNc1nc(NCCC(C)C)nc(OC)n1. The second-order valence-electron chi connectivity index (χ2n) is 3.83. The summed E-state index contributed by atoms with van der Waals surface area (Å²) >= 11 is 0. The first kappa shape index (κ1) is 12.5. The summed E-state index contributed by atoms with van der Waals surface area (Å²) in [5.41, 5.74) is 0. The number of anilines is 2. The summed E-state index contributed by atoms with van der Waals surface area (Å²) in [4.78, 5) is 12.3. The summed E-state index contributed by atoms with van der Waals surface area (Å²) in [6.45, 7) is 5.19. The van der Waals surface area contributed by atoms with E-state index in [0.717, 1.165) is 13.0 Å². The Labute approximate surface area is 95.9 Å². The highest BCUT2D eigenvalue weighted by Gasteiger charge is 2.05. The van der Waals surface area contributed by atoms with Gasteiger partial charge in [0.05, 0.1) is 7.11 Å². The number of hydrogen-bond donors (Lipinski definition) is 2. The fourth-order valence-corrected chi connectivity index (χ4v) is 1.11.